The zero-order chi connectivity index (χ0) is 34.4. The number of aliphatic imine (C=N–C) groups is 2. The molecule has 3 rings (SSSR count). The molecule has 0 atom stereocenters. The number of unbranched alkanes of at least 4 members (excludes halogenated alkanes) is 16. The van der Waals surface area contributed by atoms with Crippen LogP contribution in [0.25, 0.3) is 0 Å². The first-order valence-electron chi connectivity index (χ1n) is 18.6. The van der Waals surface area contributed by atoms with Crippen LogP contribution in [0.1, 0.15) is 152 Å². The second-order valence-corrected chi connectivity index (χ2v) is 13.2. The van der Waals surface area contributed by atoms with E-state index in [-0.39, 0.29) is 43.9 Å². The molecule has 0 aliphatic rings. The Balaban J connectivity index is 0.00000833. The van der Waals surface area contributed by atoms with E-state index in [2.05, 4.69) is 23.8 Å². The van der Waals surface area contributed by atoms with Crippen LogP contribution in [-0.4, -0.2) is 22.6 Å². The molecular formula is C42H58F2N2O2Pt. The monoisotopic (exact) mass is 855 g/mol. The van der Waals surface area contributed by atoms with Crippen LogP contribution >= 0.6 is 0 Å². The molecule has 0 spiro atoms. The first kappa shape index (κ1) is 42.3. The number of nitrogens with zero attached hydrogens (tertiary/aromatic N) is 2. The minimum atomic E-state index is -1.04. The summed E-state index contributed by atoms with van der Waals surface area (Å²) >= 11 is 0. The van der Waals surface area contributed by atoms with Crippen LogP contribution in [0.15, 0.2) is 58.5 Å². The molecule has 0 heterocycles. The van der Waals surface area contributed by atoms with Crippen LogP contribution in [0.4, 0.5) is 20.2 Å². The van der Waals surface area contributed by atoms with E-state index in [0.29, 0.717) is 11.1 Å². The maximum absolute atomic E-state index is 14.2. The van der Waals surface area contributed by atoms with Gasteiger partial charge in [0.05, 0.1) is 11.4 Å². The van der Waals surface area contributed by atoms with E-state index in [1.54, 1.807) is 24.3 Å². The molecule has 0 saturated carbocycles. The van der Waals surface area contributed by atoms with E-state index in [1.807, 2.05) is 12.1 Å². The number of hydrogen-bond acceptors (Lipinski definition) is 4. The van der Waals surface area contributed by atoms with Crippen LogP contribution in [0.3, 0.4) is 0 Å². The van der Waals surface area contributed by atoms with Gasteiger partial charge in [0.25, 0.3) is 0 Å². The van der Waals surface area contributed by atoms with Gasteiger partial charge in [0.15, 0.2) is 11.6 Å². The van der Waals surface area contributed by atoms with Gasteiger partial charge in [0, 0.05) is 56.8 Å². The Labute approximate surface area is 308 Å². The van der Waals surface area contributed by atoms with Gasteiger partial charge in [-0.15, -0.1) is 0 Å². The normalized spacial score (nSPS) is 11.5. The van der Waals surface area contributed by atoms with Gasteiger partial charge in [-0.1, -0.05) is 129 Å². The van der Waals surface area contributed by atoms with Crippen molar-refractivity contribution in [1.29, 1.82) is 0 Å². The van der Waals surface area contributed by atoms with Crippen molar-refractivity contribution in [3.8, 4) is 11.5 Å². The molecule has 4 nitrogen and oxygen atoms in total. The molecule has 3 aromatic carbocycles. The van der Waals surface area contributed by atoms with Crippen molar-refractivity contribution in [2.24, 2.45) is 9.98 Å². The number of phenols is 2. The Kier molecular flexibility index (Phi) is 21.7. The smallest absolute Gasteiger partial charge is 0.161 e. The molecule has 7 heteroatoms. The van der Waals surface area contributed by atoms with Crippen molar-refractivity contribution in [2.75, 3.05) is 0 Å². The van der Waals surface area contributed by atoms with Crippen LogP contribution in [-0.2, 0) is 33.9 Å². The minimum absolute atomic E-state index is 0. The van der Waals surface area contributed by atoms with Crippen molar-refractivity contribution in [1.82, 2.24) is 0 Å². The summed E-state index contributed by atoms with van der Waals surface area (Å²) in [4.78, 5) is 8.69. The van der Waals surface area contributed by atoms with Crippen LogP contribution in [0.5, 0.6) is 11.5 Å². The second-order valence-electron chi connectivity index (χ2n) is 13.2. The summed E-state index contributed by atoms with van der Waals surface area (Å²) < 4.78 is 28.4. The Morgan fingerprint density at radius 3 is 1.14 bits per heavy atom. The summed E-state index contributed by atoms with van der Waals surface area (Å²) in [6.45, 7) is 4.48. The number of benzene rings is 3. The third kappa shape index (κ3) is 16.6. The Hall–Kier alpha value is -2.85. The third-order valence-electron chi connectivity index (χ3n) is 9.03. The van der Waals surface area contributed by atoms with Gasteiger partial charge in [0.1, 0.15) is 11.5 Å². The predicted molar refractivity (Wildman–Crippen MR) is 199 cm³/mol. The maximum atomic E-state index is 14.2. The topological polar surface area (TPSA) is 65.2 Å². The van der Waals surface area contributed by atoms with E-state index in [1.165, 1.54) is 115 Å². The van der Waals surface area contributed by atoms with Crippen molar-refractivity contribution in [2.45, 2.75) is 142 Å². The first-order valence-corrected chi connectivity index (χ1v) is 18.6. The number of halogens is 2. The van der Waals surface area contributed by atoms with E-state index in [4.69, 9.17) is 0 Å². The maximum Gasteiger partial charge on any atom is 0.161 e. The SMILES string of the molecule is CCCCCCCCCCCc1ccc(C=Nc2cc(F)c(F)cc2N=Cc2ccc(CCCCCCCCCCC)cc2O)c(O)c1.[Pt]. The van der Waals surface area contributed by atoms with Crippen molar-refractivity contribution in [3.63, 3.8) is 0 Å². The van der Waals surface area contributed by atoms with E-state index >= 15 is 0 Å². The van der Waals surface area contributed by atoms with Gasteiger partial charge < -0.3 is 10.2 Å². The number of phenolic OH excluding ortho intramolecular Hbond substituents is 2. The fraction of sp³-hybridized carbons (Fsp3) is 0.524. The molecule has 0 amide bonds. The van der Waals surface area contributed by atoms with Crippen molar-refractivity contribution >= 4 is 23.8 Å². The predicted octanol–water partition coefficient (Wildman–Crippen LogP) is 13.0. The first-order chi connectivity index (χ1) is 23.4. The van der Waals surface area contributed by atoms with E-state index < -0.39 is 11.6 Å². The fourth-order valence-corrected chi connectivity index (χ4v) is 6.00. The van der Waals surface area contributed by atoms with Gasteiger partial charge in [-0.05, 0) is 61.1 Å². The molecule has 0 aliphatic carbocycles. The Morgan fingerprint density at radius 1 is 0.490 bits per heavy atom. The number of aryl methyl sites for hydroxylation is 2. The summed E-state index contributed by atoms with van der Waals surface area (Å²) in [5.74, 6) is -1.89. The average Bonchev–Trinajstić information content (AvgIpc) is 3.07. The van der Waals surface area contributed by atoms with Crippen LogP contribution in [0.2, 0.25) is 0 Å². The standard InChI is InChI=1S/C42H58F2N2O2.Pt/c1-3-5-7-9-11-13-15-17-19-21-33-23-25-35(41(47)27-33)31-45-39-29-37(43)38(44)30-40(39)46-32-36-26-24-34(28-42(36)48)22-20-18-16-14-12-10-8-6-4-2;/h23-32,47-48H,3-22H2,1-2H3;. The number of hydrogen-bond donors (Lipinski definition) is 2. The van der Waals surface area contributed by atoms with Gasteiger partial charge in [0.2, 0.25) is 0 Å². The second kappa shape index (κ2) is 25.2. The molecule has 0 bridgehead atoms. The summed E-state index contributed by atoms with van der Waals surface area (Å²) in [5, 5.41) is 21.3. The quantitative estimate of drug-likeness (QED) is 0.0696. The Morgan fingerprint density at radius 2 is 0.816 bits per heavy atom. The van der Waals surface area contributed by atoms with Gasteiger partial charge >= 0.3 is 0 Å². The molecule has 272 valence electrons. The van der Waals surface area contributed by atoms with Crippen molar-refractivity contribution in [3.05, 3.63) is 82.4 Å². The number of aromatic hydroxyl groups is 2. The summed E-state index contributed by atoms with van der Waals surface area (Å²) in [6, 6.07) is 13.0. The Bertz CT molecular complexity index is 1320. The molecule has 49 heavy (non-hydrogen) atoms. The zero-order valence-corrected chi connectivity index (χ0v) is 32.0. The molecule has 0 aromatic heterocycles. The molecule has 2 N–H and O–H groups in total. The zero-order valence-electron chi connectivity index (χ0n) is 29.8. The summed E-state index contributed by atoms with van der Waals surface area (Å²) in [5.41, 5.74) is 3.31. The van der Waals surface area contributed by atoms with Gasteiger partial charge in [-0.25, -0.2) is 8.78 Å². The average molecular weight is 856 g/mol. The largest absolute Gasteiger partial charge is 0.507 e. The van der Waals surface area contributed by atoms with Gasteiger partial charge in [-0.2, -0.15) is 0 Å². The molecule has 0 fully saturated rings. The van der Waals surface area contributed by atoms with E-state index in [0.717, 1.165) is 48.9 Å². The minimum Gasteiger partial charge on any atom is -0.507 e. The molecule has 0 radical (unpaired) electrons. The summed E-state index contributed by atoms with van der Waals surface area (Å²) in [6.07, 6.45) is 27.4. The van der Waals surface area contributed by atoms with Crippen molar-refractivity contribution < 1.29 is 40.1 Å². The molecule has 0 saturated heterocycles. The summed E-state index contributed by atoms with van der Waals surface area (Å²) in [7, 11) is 0. The van der Waals surface area contributed by atoms with Crippen LogP contribution < -0.4 is 0 Å². The van der Waals surface area contributed by atoms with E-state index in [9.17, 15) is 19.0 Å². The molecule has 0 unspecified atom stereocenters. The number of rotatable bonds is 24. The molecular weight excluding hydrogens is 798 g/mol. The van der Waals surface area contributed by atoms with Gasteiger partial charge in [-0.3, -0.25) is 9.98 Å². The van der Waals surface area contributed by atoms with Crippen LogP contribution in [0, 0.1) is 11.6 Å². The molecule has 3 aromatic rings. The third-order valence-corrected chi connectivity index (χ3v) is 9.03. The molecule has 0 aliphatic heterocycles. The fourth-order valence-electron chi connectivity index (χ4n) is 6.00.